The Hall–Kier alpha value is -3.90. The van der Waals surface area contributed by atoms with Crippen LogP contribution in [0.4, 0.5) is 5.69 Å². The summed E-state index contributed by atoms with van der Waals surface area (Å²) in [4.78, 5) is 68.0. The average molecular weight is 606 g/mol. The van der Waals surface area contributed by atoms with Crippen LogP contribution in [0.3, 0.4) is 0 Å². The number of rotatable bonds is 7. The molecule has 3 aromatic rings. The molecule has 7 atom stereocenters. The van der Waals surface area contributed by atoms with Crippen LogP contribution in [0.15, 0.2) is 58.4 Å². The second-order valence-corrected chi connectivity index (χ2v) is 13.6. The lowest BCUT2D eigenvalue weighted by molar-refractivity contribution is -0.149. The molecule has 2 bridgehead atoms. The highest BCUT2D eigenvalue weighted by Crippen LogP contribution is 2.68. The number of nitrogens with zero attached hydrogens (tertiary/aromatic N) is 1. The highest BCUT2D eigenvalue weighted by Gasteiger charge is 2.69. The summed E-state index contributed by atoms with van der Waals surface area (Å²) in [6, 6.07) is 14.9. The molecule has 3 N–H and O–H groups in total. The normalized spacial score (nSPS) is 28.8. The molecule has 42 heavy (non-hydrogen) atoms. The lowest BCUT2D eigenvalue weighted by atomic mass is 9.68. The number of likely N-dealkylation sites (tertiary alicyclic amines) is 1. The lowest BCUT2D eigenvalue weighted by Crippen LogP contribution is -2.42. The van der Waals surface area contributed by atoms with E-state index in [0.29, 0.717) is 17.9 Å². The van der Waals surface area contributed by atoms with Crippen molar-refractivity contribution in [2.75, 3.05) is 18.5 Å². The van der Waals surface area contributed by atoms with Crippen molar-refractivity contribution in [1.82, 2.24) is 9.88 Å². The molecule has 2 aliphatic carbocycles. The summed E-state index contributed by atoms with van der Waals surface area (Å²) in [7, 11) is 0. The number of para-hydroxylation sites is 1. The van der Waals surface area contributed by atoms with E-state index >= 15 is 0 Å². The summed E-state index contributed by atoms with van der Waals surface area (Å²) in [5.74, 6) is -3.57. The third-order valence-corrected chi connectivity index (χ3v) is 11.6. The van der Waals surface area contributed by atoms with Crippen LogP contribution in [0, 0.1) is 36.5 Å². The van der Waals surface area contributed by atoms with Gasteiger partial charge in [0.15, 0.2) is 6.61 Å². The van der Waals surface area contributed by atoms with Crippen LogP contribution < -0.4 is 14.9 Å². The molecular formula is C30H27N3O7S2. The maximum atomic E-state index is 13.4. The first-order valence-electron chi connectivity index (χ1n) is 13.8. The molecule has 10 nitrogen and oxygen atoms in total. The Bertz CT molecular complexity index is 1700. The maximum absolute atomic E-state index is 13.4. The molecule has 7 rings (SSSR count). The number of amides is 3. The predicted octanol–water partition coefficient (Wildman–Crippen LogP) is 3.32. The third-order valence-electron chi connectivity index (χ3n) is 9.02. The molecule has 6 unspecified atom stereocenters. The van der Waals surface area contributed by atoms with Crippen LogP contribution in [0.5, 0.6) is 5.75 Å². The van der Waals surface area contributed by atoms with Gasteiger partial charge in [-0.25, -0.2) is 0 Å². The SMILES string of the molecule is Cc1cccc(NC(=O)COc2ccccc2[C@H]2c3sc(=O)[nH]c3SC3C4CC(C5C(=O)N(CC(=O)O)C(=O)C45)C32)c1. The minimum Gasteiger partial charge on any atom is -0.483 e. The lowest BCUT2D eigenvalue weighted by Gasteiger charge is -2.43. The second kappa shape index (κ2) is 10.1. The zero-order chi connectivity index (χ0) is 29.3. The summed E-state index contributed by atoms with van der Waals surface area (Å²) < 4.78 is 6.09. The monoisotopic (exact) mass is 605 g/mol. The number of anilines is 1. The number of aromatic nitrogens is 1. The molecule has 0 radical (unpaired) electrons. The van der Waals surface area contributed by atoms with Gasteiger partial charge in [-0.1, -0.05) is 41.7 Å². The van der Waals surface area contributed by atoms with Crippen LogP contribution >= 0.6 is 23.1 Å². The van der Waals surface area contributed by atoms with Crippen molar-refractivity contribution in [1.29, 1.82) is 0 Å². The highest BCUT2D eigenvalue weighted by molar-refractivity contribution is 8.00. The van der Waals surface area contributed by atoms with E-state index in [9.17, 15) is 29.1 Å². The molecule has 4 aliphatic rings. The summed E-state index contributed by atoms with van der Waals surface area (Å²) in [5.41, 5.74) is 2.51. The molecule has 2 aliphatic heterocycles. The molecule has 1 saturated heterocycles. The molecule has 216 valence electrons. The number of aliphatic carboxylic acids is 1. The van der Waals surface area contributed by atoms with E-state index in [1.54, 1.807) is 17.8 Å². The number of ether oxygens (including phenoxy) is 1. The van der Waals surface area contributed by atoms with E-state index in [2.05, 4.69) is 10.3 Å². The number of hydrogen-bond donors (Lipinski definition) is 3. The number of carbonyl (C=O) groups excluding carboxylic acids is 3. The number of thiazole rings is 1. The summed E-state index contributed by atoms with van der Waals surface area (Å²) in [5, 5.41) is 12.9. The van der Waals surface area contributed by atoms with E-state index in [0.717, 1.165) is 37.3 Å². The van der Waals surface area contributed by atoms with E-state index in [-0.39, 0.29) is 46.3 Å². The number of hydrogen-bond acceptors (Lipinski definition) is 8. The van der Waals surface area contributed by atoms with Gasteiger partial charge in [0.2, 0.25) is 11.8 Å². The van der Waals surface area contributed by atoms with Crippen molar-refractivity contribution >= 4 is 52.5 Å². The minimum absolute atomic E-state index is 0.0433. The Labute approximate surface area is 248 Å². The zero-order valence-corrected chi connectivity index (χ0v) is 24.1. The number of carboxylic acids is 1. The number of imide groups is 1. The predicted molar refractivity (Wildman–Crippen MR) is 155 cm³/mol. The molecule has 1 aromatic heterocycles. The van der Waals surface area contributed by atoms with E-state index < -0.39 is 36.2 Å². The van der Waals surface area contributed by atoms with Crippen molar-refractivity contribution in [2.24, 2.45) is 29.6 Å². The number of fused-ring (bicyclic) bond motifs is 9. The minimum atomic E-state index is -1.22. The van der Waals surface area contributed by atoms with Gasteiger partial charge in [-0.15, -0.1) is 11.8 Å². The molecule has 3 fully saturated rings. The number of aromatic amines is 1. The van der Waals surface area contributed by atoms with Gasteiger partial charge >= 0.3 is 10.8 Å². The van der Waals surface area contributed by atoms with E-state index in [1.807, 2.05) is 49.4 Å². The summed E-state index contributed by atoms with van der Waals surface area (Å²) in [6.07, 6.45) is 0.688. The van der Waals surface area contributed by atoms with Crippen molar-refractivity contribution in [3.8, 4) is 5.75 Å². The van der Waals surface area contributed by atoms with Gasteiger partial charge < -0.3 is 20.1 Å². The summed E-state index contributed by atoms with van der Waals surface area (Å²) in [6.45, 7) is 1.10. The Morgan fingerprint density at radius 2 is 1.83 bits per heavy atom. The summed E-state index contributed by atoms with van der Waals surface area (Å²) >= 11 is 2.69. The Balaban J connectivity index is 1.21. The van der Waals surface area contributed by atoms with Gasteiger partial charge in [-0.2, -0.15) is 0 Å². The number of benzene rings is 2. The van der Waals surface area contributed by atoms with Gasteiger partial charge in [0.25, 0.3) is 5.91 Å². The Kier molecular flexibility index (Phi) is 6.50. The zero-order valence-electron chi connectivity index (χ0n) is 22.4. The number of thioether (sulfide) groups is 1. The molecule has 12 heteroatoms. The van der Waals surface area contributed by atoms with E-state index in [4.69, 9.17) is 4.74 Å². The average Bonchev–Trinajstić information content (AvgIpc) is 3.68. The topological polar surface area (TPSA) is 146 Å². The van der Waals surface area contributed by atoms with Gasteiger partial charge in [0, 0.05) is 27.3 Å². The smallest absolute Gasteiger partial charge is 0.323 e. The molecule has 3 heterocycles. The fourth-order valence-electron chi connectivity index (χ4n) is 7.65. The van der Waals surface area contributed by atoms with Gasteiger partial charge in [-0.3, -0.25) is 28.9 Å². The van der Waals surface area contributed by atoms with Crippen LogP contribution in [-0.2, 0) is 19.2 Å². The van der Waals surface area contributed by atoms with Crippen LogP contribution in [0.25, 0.3) is 0 Å². The molecule has 2 aromatic carbocycles. The Morgan fingerprint density at radius 3 is 2.60 bits per heavy atom. The molecule has 0 spiro atoms. The number of nitrogens with one attached hydrogen (secondary N) is 2. The van der Waals surface area contributed by atoms with E-state index in [1.165, 1.54) is 0 Å². The third kappa shape index (κ3) is 4.27. The van der Waals surface area contributed by atoms with Crippen molar-refractivity contribution in [3.63, 3.8) is 0 Å². The first-order valence-corrected chi connectivity index (χ1v) is 15.5. The quantitative estimate of drug-likeness (QED) is 0.348. The fourth-order valence-corrected chi connectivity index (χ4v) is 10.5. The van der Waals surface area contributed by atoms with Crippen LogP contribution in [-0.4, -0.2) is 57.1 Å². The van der Waals surface area contributed by atoms with Crippen LogP contribution in [0.1, 0.15) is 28.3 Å². The number of carbonyl (C=O) groups is 4. The number of aryl methyl sites for hydroxylation is 1. The molecule has 2 saturated carbocycles. The second-order valence-electron chi connectivity index (χ2n) is 11.4. The number of H-pyrrole nitrogens is 1. The van der Waals surface area contributed by atoms with Crippen LogP contribution in [0.2, 0.25) is 0 Å². The number of carboxylic acid groups (broad SMARTS) is 1. The van der Waals surface area contributed by atoms with Crippen molar-refractivity contribution in [2.45, 2.75) is 29.5 Å². The van der Waals surface area contributed by atoms with Crippen molar-refractivity contribution < 1.29 is 29.0 Å². The maximum Gasteiger partial charge on any atom is 0.323 e. The largest absolute Gasteiger partial charge is 0.483 e. The fraction of sp³-hybridized carbons (Fsp3) is 0.367. The standard InChI is InChI=1S/C30H27N3O7S2/c1-13-5-4-6-14(9-13)31-19(34)12-40-18-8-3-2-7-15(18)21-22-16-10-17(25(22)41-27-26(21)42-30(39)32-27)24-23(16)28(37)33(29(24)38)11-20(35)36/h2-9,16-17,21-25H,10-12H2,1H3,(H,31,34)(H,32,39)(H,35,36)/t16?,17?,21-,22?,23?,24?,25?/m1/s1. The van der Waals surface area contributed by atoms with Gasteiger partial charge in [0.05, 0.1) is 16.9 Å². The highest BCUT2D eigenvalue weighted by atomic mass is 32.2. The Morgan fingerprint density at radius 1 is 1.07 bits per heavy atom. The first-order chi connectivity index (χ1) is 20.2. The molecule has 3 amide bonds. The van der Waals surface area contributed by atoms with Gasteiger partial charge in [-0.05, 0) is 54.9 Å². The van der Waals surface area contributed by atoms with Gasteiger partial charge in [0.1, 0.15) is 12.3 Å². The van der Waals surface area contributed by atoms with Crippen molar-refractivity contribution in [3.05, 3.63) is 74.2 Å². The molecular weight excluding hydrogens is 578 g/mol. The first kappa shape index (κ1) is 27.0.